The standard InChI is InChI=1S/C9H7ClO2/c1-6-2-3-7(4-11)8(5-12)9(6)10/h2-5H,1H3. The predicted octanol–water partition coefficient (Wildman–Crippen LogP) is 2.27. The van der Waals surface area contributed by atoms with Gasteiger partial charge in [-0.1, -0.05) is 23.7 Å². The molecule has 0 aromatic heterocycles. The van der Waals surface area contributed by atoms with Gasteiger partial charge in [0.05, 0.1) is 5.02 Å². The Bertz CT molecular complexity index is 332. The first kappa shape index (κ1) is 8.94. The summed E-state index contributed by atoms with van der Waals surface area (Å²) in [6, 6.07) is 3.29. The molecule has 0 amide bonds. The van der Waals surface area contributed by atoms with Crippen LogP contribution in [0.25, 0.3) is 0 Å². The third-order valence-corrected chi connectivity index (χ3v) is 2.15. The second-order valence-corrected chi connectivity index (χ2v) is 2.81. The Morgan fingerprint density at radius 1 is 1.25 bits per heavy atom. The summed E-state index contributed by atoms with van der Waals surface area (Å²) in [4.78, 5) is 20.9. The number of hydrogen-bond acceptors (Lipinski definition) is 2. The van der Waals surface area contributed by atoms with E-state index in [9.17, 15) is 9.59 Å². The summed E-state index contributed by atoms with van der Waals surface area (Å²) in [5, 5.41) is 0.356. The van der Waals surface area contributed by atoms with Crippen LogP contribution in [0.15, 0.2) is 12.1 Å². The van der Waals surface area contributed by atoms with Gasteiger partial charge >= 0.3 is 0 Å². The molecule has 62 valence electrons. The third-order valence-electron chi connectivity index (χ3n) is 1.65. The molecule has 0 bridgehead atoms. The number of hydrogen-bond donors (Lipinski definition) is 0. The largest absolute Gasteiger partial charge is 0.298 e. The van der Waals surface area contributed by atoms with E-state index in [0.29, 0.717) is 23.2 Å². The van der Waals surface area contributed by atoms with Crippen LogP contribution in [0.5, 0.6) is 0 Å². The molecular formula is C9H7ClO2. The highest BCUT2D eigenvalue weighted by atomic mass is 35.5. The van der Waals surface area contributed by atoms with Crippen molar-refractivity contribution in [2.75, 3.05) is 0 Å². The van der Waals surface area contributed by atoms with Gasteiger partial charge in [-0.05, 0) is 12.5 Å². The average molecular weight is 183 g/mol. The van der Waals surface area contributed by atoms with Crippen molar-refractivity contribution in [2.24, 2.45) is 0 Å². The molecule has 0 spiro atoms. The maximum absolute atomic E-state index is 10.5. The van der Waals surface area contributed by atoms with E-state index in [1.54, 1.807) is 19.1 Å². The van der Waals surface area contributed by atoms with Gasteiger partial charge in [0.1, 0.15) is 0 Å². The van der Waals surface area contributed by atoms with Gasteiger partial charge in [-0.15, -0.1) is 0 Å². The highest BCUT2D eigenvalue weighted by Crippen LogP contribution is 2.21. The molecule has 0 N–H and O–H groups in total. The van der Waals surface area contributed by atoms with E-state index in [4.69, 9.17) is 11.6 Å². The highest BCUT2D eigenvalue weighted by Gasteiger charge is 2.07. The number of aldehydes is 2. The number of benzene rings is 1. The minimum atomic E-state index is 0.270. The zero-order valence-electron chi connectivity index (χ0n) is 6.50. The molecule has 0 atom stereocenters. The molecule has 0 radical (unpaired) electrons. The molecule has 0 aliphatic carbocycles. The third kappa shape index (κ3) is 1.38. The molecule has 2 nitrogen and oxygen atoms in total. The first-order valence-electron chi connectivity index (χ1n) is 3.40. The van der Waals surface area contributed by atoms with Crippen LogP contribution >= 0.6 is 11.6 Å². The van der Waals surface area contributed by atoms with Crippen molar-refractivity contribution >= 4 is 24.2 Å². The van der Waals surface area contributed by atoms with Gasteiger partial charge in [0, 0.05) is 11.1 Å². The van der Waals surface area contributed by atoms with Crippen molar-refractivity contribution in [3.8, 4) is 0 Å². The maximum Gasteiger partial charge on any atom is 0.152 e. The van der Waals surface area contributed by atoms with Gasteiger partial charge in [-0.3, -0.25) is 9.59 Å². The molecule has 1 aromatic rings. The molecule has 3 heteroatoms. The van der Waals surface area contributed by atoms with Crippen LogP contribution in [0.3, 0.4) is 0 Å². The zero-order chi connectivity index (χ0) is 9.14. The second kappa shape index (κ2) is 3.50. The van der Waals surface area contributed by atoms with Gasteiger partial charge in [-0.25, -0.2) is 0 Å². The second-order valence-electron chi connectivity index (χ2n) is 2.44. The van der Waals surface area contributed by atoms with Crippen LogP contribution < -0.4 is 0 Å². The molecule has 12 heavy (non-hydrogen) atoms. The van der Waals surface area contributed by atoms with E-state index < -0.39 is 0 Å². The van der Waals surface area contributed by atoms with Gasteiger partial charge in [0.15, 0.2) is 12.6 Å². The molecular weight excluding hydrogens is 176 g/mol. The summed E-state index contributed by atoms with van der Waals surface area (Å²) in [7, 11) is 0. The fourth-order valence-electron chi connectivity index (χ4n) is 0.939. The minimum absolute atomic E-state index is 0.270. The lowest BCUT2D eigenvalue weighted by atomic mass is 10.1. The molecule has 1 rings (SSSR count). The van der Waals surface area contributed by atoms with Gasteiger partial charge in [0.25, 0.3) is 0 Å². The van der Waals surface area contributed by atoms with E-state index in [-0.39, 0.29) is 5.56 Å². The summed E-state index contributed by atoms with van der Waals surface area (Å²) >= 11 is 5.79. The molecule has 0 aliphatic heterocycles. The molecule has 0 unspecified atom stereocenters. The lowest BCUT2D eigenvalue weighted by Gasteiger charge is -2.02. The van der Waals surface area contributed by atoms with Crippen molar-refractivity contribution < 1.29 is 9.59 Å². The molecule has 0 saturated heterocycles. The fraction of sp³-hybridized carbons (Fsp3) is 0.111. The summed E-state index contributed by atoms with van der Waals surface area (Å²) in [5.74, 6) is 0. The Morgan fingerprint density at radius 2 is 1.92 bits per heavy atom. The van der Waals surface area contributed by atoms with E-state index >= 15 is 0 Å². The van der Waals surface area contributed by atoms with E-state index in [0.717, 1.165) is 5.56 Å². The lowest BCUT2D eigenvalue weighted by molar-refractivity contribution is 0.109. The van der Waals surface area contributed by atoms with Crippen molar-refractivity contribution in [1.29, 1.82) is 0 Å². The average Bonchev–Trinajstić information content (AvgIpc) is 2.09. The quantitative estimate of drug-likeness (QED) is 0.658. The topological polar surface area (TPSA) is 34.1 Å². The van der Waals surface area contributed by atoms with Crippen molar-refractivity contribution in [2.45, 2.75) is 6.92 Å². The van der Waals surface area contributed by atoms with E-state index in [1.807, 2.05) is 0 Å². The van der Waals surface area contributed by atoms with Gasteiger partial charge in [0.2, 0.25) is 0 Å². The number of rotatable bonds is 2. The Labute approximate surface area is 75.2 Å². The lowest BCUT2D eigenvalue weighted by Crippen LogP contribution is -1.93. The van der Waals surface area contributed by atoms with Gasteiger partial charge < -0.3 is 0 Å². The summed E-state index contributed by atoms with van der Waals surface area (Å²) < 4.78 is 0. The smallest absolute Gasteiger partial charge is 0.152 e. The molecule has 0 aliphatic rings. The highest BCUT2D eigenvalue weighted by molar-refractivity contribution is 6.34. The predicted molar refractivity (Wildman–Crippen MR) is 47.0 cm³/mol. The summed E-state index contributed by atoms with van der Waals surface area (Å²) in [5.41, 5.74) is 1.40. The normalized spacial score (nSPS) is 9.50. The maximum atomic E-state index is 10.5. The van der Waals surface area contributed by atoms with E-state index in [2.05, 4.69) is 0 Å². The Kier molecular flexibility index (Phi) is 2.61. The first-order valence-corrected chi connectivity index (χ1v) is 3.78. The van der Waals surface area contributed by atoms with Crippen molar-refractivity contribution in [3.63, 3.8) is 0 Å². The van der Waals surface area contributed by atoms with Crippen molar-refractivity contribution in [1.82, 2.24) is 0 Å². The molecule has 1 aromatic carbocycles. The monoisotopic (exact) mass is 182 g/mol. The fourth-order valence-corrected chi connectivity index (χ4v) is 1.16. The van der Waals surface area contributed by atoms with Crippen LogP contribution in [0.4, 0.5) is 0 Å². The Morgan fingerprint density at radius 3 is 2.42 bits per heavy atom. The minimum Gasteiger partial charge on any atom is -0.298 e. The number of carbonyl (C=O) groups is 2. The Balaban J connectivity index is 3.45. The van der Waals surface area contributed by atoms with Crippen LogP contribution in [0.1, 0.15) is 26.3 Å². The zero-order valence-corrected chi connectivity index (χ0v) is 7.26. The van der Waals surface area contributed by atoms with Crippen LogP contribution in [0.2, 0.25) is 5.02 Å². The Hall–Kier alpha value is -1.15. The van der Waals surface area contributed by atoms with Gasteiger partial charge in [-0.2, -0.15) is 0 Å². The number of aryl methyl sites for hydroxylation is 1. The van der Waals surface area contributed by atoms with Crippen LogP contribution in [-0.4, -0.2) is 12.6 Å². The summed E-state index contributed by atoms with van der Waals surface area (Å²) in [6.07, 6.45) is 1.22. The molecule has 0 heterocycles. The first-order chi connectivity index (χ1) is 5.70. The van der Waals surface area contributed by atoms with Crippen LogP contribution in [0, 0.1) is 6.92 Å². The summed E-state index contributed by atoms with van der Waals surface area (Å²) in [6.45, 7) is 1.78. The van der Waals surface area contributed by atoms with E-state index in [1.165, 1.54) is 0 Å². The van der Waals surface area contributed by atoms with Crippen LogP contribution in [-0.2, 0) is 0 Å². The molecule has 0 saturated carbocycles. The SMILES string of the molecule is Cc1ccc(C=O)c(C=O)c1Cl. The number of halogens is 1. The van der Waals surface area contributed by atoms with Crippen molar-refractivity contribution in [3.05, 3.63) is 33.8 Å². The number of carbonyl (C=O) groups excluding carboxylic acids is 2. The molecule has 0 fully saturated rings.